The van der Waals surface area contributed by atoms with E-state index in [9.17, 15) is 4.79 Å². The lowest BCUT2D eigenvalue weighted by molar-refractivity contribution is -0.113. The van der Waals surface area contributed by atoms with Crippen molar-refractivity contribution in [3.8, 4) is 0 Å². The second-order valence-corrected chi connectivity index (χ2v) is 1.75. The van der Waals surface area contributed by atoms with E-state index in [2.05, 4.69) is 5.11 Å². The number of nitrogens with zero attached hydrogens (tertiary/aromatic N) is 1. The molecule has 0 unspecified atom stereocenters. The third-order valence-electron chi connectivity index (χ3n) is 0.928. The van der Waals surface area contributed by atoms with Crippen molar-refractivity contribution in [2.24, 2.45) is 5.11 Å². The van der Waals surface area contributed by atoms with Crippen molar-refractivity contribution in [3.63, 3.8) is 0 Å². The zero-order valence-corrected chi connectivity index (χ0v) is 6.09. The van der Waals surface area contributed by atoms with Crippen LogP contribution in [-0.4, -0.2) is 5.78 Å². The summed E-state index contributed by atoms with van der Waals surface area (Å²) in [6.07, 6.45) is 4.96. The largest absolute Gasteiger partial charge is 0.293 e. The number of hydrogen-bond donors (Lipinski definition) is 1. The van der Waals surface area contributed by atoms with Gasteiger partial charge in [0.1, 0.15) is 5.70 Å². The Morgan fingerprint density at radius 1 is 1.60 bits per heavy atom. The Hall–Kier alpha value is -1.25. The van der Waals surface area contributed by atoms with Crippen LogP contribution in [0.3, 0.4) is 0 Å². The molecule has 54 valence electrons. The van der Waals surface area contributed by atoms with E-state index in [4.69, 9.17) is 5.53 Å². The molecule has 1 N–H and O–H groups in total. The maximum absolute atomic E-state index is 10.6. The van der Waals surface area contributed by atoms with Crippen molar-refractivity contribution in [3.05, 3.63) is 23.9 Å². The Labute approximate surface area is 59.9 Å². The summed E-state index contributed by atoms with van der Waals surface area (Å²) in [5.74, 6) is -0.187. The highest BCUT2D eigenvalue weighted by molar-refractivity contribution is 5.92. The number of carbonyl (C=O) groups is 1. The van der Waals surface area contributed by atoms with Crippen molar-refractivity contribution in [2.45, 2.75) is 13.8 Å². The van der Waals surface area contributed by atoms with E-state index in [1.807, 2.05) is 6.92 Å². The number of rotatable bonds is 3. The first-order valence-corrected chi connectivity index (χ1v) is 2.93. The van der Waals surface area contributed by atoms with Gasteiger partial charge in [0, 0.05) is 6.92 Å². The van der Waals surface area contributed by atoms with Gasteiger partial charge in [-0.25, -0.2) is 5.53 Å². The molecule has 0 aliphatic carbocycles. The number of hydrogen-bond acceptors (Lipinski definition) is 3. The molecule has 0 saturated carbocycles. The third-order valence-corrected chi connectivity index (χ3v) is 0.928. The van der Waals surface area contributed by atoms with E-state index in [1.165, 1.54) is 13.0 Å². The normalized spacial score (nSPS) is 12.0. The van der Waals surface area contributed by atoms with Crippen molar-refractivity contribution >= 4 is 5.78 Å². The summed E-state index contributed by atoms with van der Waals surface area (Å²) in [5, 5.41) is 3.04. The molecule has 0 aromatic carbocycles. The first-order chi connectivity index (χ1) is 4.72. The van der Waals surface area contributed by atoms with Crippen molar-refractivity contribution < 1.29 is 4.79 Å². The minimum absolute atomic E-state index is 0.179. The average molecular weight is 138 g/mol. The van der Waals surface area contributed by atoms with Gasteiger partial charge in [0.25, 0.3) is 0 Å². The highest BCUT2D eigenvalue weighted by Gasteiger charge is 1.97. The van der Waals surface area contributed by atoms with Crippen LogP contribution in [0, 0.1) is 5.53 Å². The fraction of sp³-hybridized carbons (Fsp3) is 0.286. The number of allylic oxidation sites excluding steroid dienone is 4. The van der Waals surface area contributed by atoms with E-state index in [0.717, 1.165) is 0 Å². The Morgan fingerprint density at radius 3 is 2.50 bits per heavy atom. The van der Waals surface area contributed by atoms with E-state index >= 15 is 0 Å². The summed E-state index contributed by atoms with van der Waals surface area (Å²) in [6.45, 7) is 3.21. The van der Waals surface area contributed by atoms with Crippen LogP contribution in [0.4, 0.5) is 0 Å². The van der Waals surface area contributed by atoms with E-state index in [-0.39, 0.29) is 11.5 Å². The first-order valence-electron chi connectivity index (χ1n) is 2.93. The minimum Gasteiger partial charge on any atom is -0.293 e. The molecule has 0 aromatic rings. The lowest BCUT2D eigenvalue weighted by atomic mass is 10.3. The molecular weight excluding hydrogens is 128 g/mol. The van der Waals surface area contributed by atoms with Crippen LogP contribution in [0.15, 0.2) is 29.0 Å². The fourth-order valence-electron chi connectivity index (χ4n) is 0.421. The quantitative estimate of drug-likeness (QED) is 0.362. The maximum atomic E-state index is 10.6. The molecule has 0 saturated heterocycles. The lowest BCUT2D eigenvalue weighted by Gasteiger charge is -1.87. The zero-order chi connectivity index (χ0) is 7.98. The van der Waals surface area contributed by atoms with Gasteiger partial charge in [-0.2, -0.15) is 5.11 Å². The van der Waals surface area contributed by atoms with Gasteiger partial charge in [-0.3, -0.25) is 4.79 Å². The van der Waals surface area contributed by atoms with Gasteiger partial charge in [0.2, 0.25) is 0 Å². The fourth-order valence-corrected chi connectivity index (χ4v) is 0.421. The third kappa shape index (κ3) is 2.91. The molecule has 0 heterocycles. The SMILES string of the molecule is C/C=C\C=C(/N=N)C(C)=O. The lowest BCUT2D eigenvalue weighted by Crippen LogP contribution is -1.90. The van der Waals surface area contributed by atoms with Gasteiger partial charge in [-0.05, 0) is 13.0 Å². The Balaban J connectivity index is 4.33. The number of Topliss-reactive ketones (excluding diaryl/α,β-unsaturated/α-hetero) is 1. The molecule has 0 rings (SSSR count). The van der Waals surface area contributed by atoms with Gasteiger partial charge in [-0.15, -0.1) is 0 Å². The van der Waals surface area contributed by atoms with Crippen LogP contribution in [0.25, 0.3) is 0 Å². The number of carbonyl (C=O) groups excluding carboxylic acids is 1. The van der Waals surface area contributed by atoms with E-state index in [1.54, 1.807) is 12.2 Å². The average Bonchev–Trinajstić information content (AvgIpc) is 1.89. The predicted molar refractivity (Wildman–Crippen MR) is 38.7 cm³/mol. The molecule has 0 aromatic heterocycles. The zero-order valence-electron chi connectivity index (χ0n) is 6.09. The molecule has 0 bridgehead atoms. The Morgan fingerprint density at radius 2 is 2.20 bits per heavy atom. The molecule has 0 amide bonds. The molecule has 0 atom stereocenters. The summed E-state index contributed by atoms with van der Waals surface area (Å²) >= 11 is 0. The molecule has 0 aliphatic rings. The maximum Gasteiger partial charge on any atom is 0.179 e. The monoisotopic (exact) mass is 138 g/mol. The summed E-state index contributed by atoms with van der Waals surface area (Å²) in [7, 11) is 0. The van der Waals surface area contributed by atoms with Crippen LogP contribution in [0.2, 0.25) is 0 Å². The van der Waals surface area contributed by atoms with Crippen molar-refractivity contribution in [2.75, 3.05) is 0 Å². The number of nitrogens with one attached hydrogen (secondary N) is 1. The van der Waals surface area contributed by atoms with Crippen LogP contribution in [0.5, 0.6) is 0 Å². The molecule has 0 aliphatic heterocycles. The van der Waals surface area contributed by atoms with Gasteiger partial charge in [0.05, 0.1) is 0 Å². The molecular formula is C7H10N2O. The Bertz CT molecular complexity index is 192. The molecule has 3 heteroatoms. The molecule has 3 nitrogen and oxygen atoms in total. The van der Waals surface area contributed by atoms with E-state index in [0.29, 0.717) is 0 Å². The highest BCUT2D eigenvalue weighted by atomic mass is 16.1. The van der Waals surface area contributed by atoms with Crippen molar-refractivity contribution in [1.82, 2.24) is 0 Å². The van der Waals surface area contributed by atoms with Crippen LogP contribution in [-0.2, 0) is 4.79 Å². The summed E-state index contributed by atoms with van der Waals surface area (Å²) < 4.78 is 0. The highest BCUT2D eigenvalue weighted by Crippen LogP contribution is 1.97. The number of ketones is 1. The molecule has 0 spiro atoms. The standard InChI is InChI=1S/C7H10N2O/c1-3-4-5-7(9-8)6(2)10/h3-5,8H,1-2H3/b4-3-,7-5-,9-8?. The van der Waals surface area contributed by atoms with Gasteiger partial charge in [-0.1, -0.05) is 12.2 Å². The molecule has 10 heavy (non-hydrogen) atoms. The van der Waals surface area contributed by atoms with Gasteiger partial charge in [0.15, 0.2) is 5.78 Å². The van der Waals surface area contributed by atoms with Crippen LogP contribution < -0.4 is 0 Å². The minimum atomic E-state index is -0.187. The molecule has 0 fully saturated rings. The van der Waals surface area contributed by atoms with Crippen LogP contribution in [0.1, 0.15) is 13.8 Å². The summed E-state index contributed by atoms with van der Waals surface area (Å²) in [5.41, 5.74) is 6.75. The second-order valence-electron chi connectivity index (χ2n) is 1.75. The Kier molecular flexibility index (Phi) is 4.04. The predicted octanol–water partition coefficient (Wildman–Crippen LogP) is 2.07. The molecule has 0 radical (unpaired) electrons. The van der Waals surface area contributed by atoms with E-state index < -0.39 is 0 Å². The summed E-state index contributed by atoms with van der Waals surface area (Å²) in [4.78, 5) is 10.6. The van der Waals surface area contributed by atoms with Gasteiger partial charge >= 0.3 is 0 Å². The topological polar surface area (TPSA) is 53.3 Å². The van der Waals surface area contributed by atoms with Crippen molar-refractivity contribution in [1.29, 1.82) is 5.53 Å². The van der Waals surface area contributed by atoms with Crippen LogP contribution >= 0.6 is 0 Å². The second kappa shape index (κ2) is 4.61. The van der Waals surface area contributed by atoms with Gasteiger partial charge < -0.3 is 0 Å². The first kappa shape index (κ1) is 8.75. The smallest absolute Gasteiger partial charge is 0.179 e. The summed E-state index contributed by atoms with van der Waals surface area (Å²) in [6, 6.07) is 0.